The number of likely N-dealkylation sites (N-methyl/N-ethyl adjacent to an activating group) is 1. The van der Waals surface area contributed by atoms with E-state index in [1.165, 1.54) is 0 Å². The molecule has 0 radical (unpaired) electrons. The van der Waals surface area contributed by atoms with Crippen molar-refractivity contribution in [2.45, 2.75) is 39.0 Å². The summed E-state index contributed by atoms with van der Waals surface area (Å²) in [6.45, 7) is 5.71. The van der Waals surface area contributed by atoms with E-state index in [-0.39, 0.29) is 43.8 Å². The molecule has 3 atom stereocenters. The molecule has 3 N–H and O–H groups in total. The van der Waals surface area contributed by atoms with Gasteiger partial charge in [0, 0.05) is 61.0 Å². The molecule has 11 heteroatoms. The van der Waals surface area contributed by atoms with Gasteiger partial charge < -0.3 is 34.9 Å². The summed E-state index contributed by atoms with van der Waals surface area (Å²) >= 11 is 0. The van der Waals surface area contributed by atoms with Crippen LogP contribution in [0.25, 0.3) is 0 Å². The highest BCUT2D eigenvalue weighted by Crippen LogP contribution is 2.34. The number of rotatable bonds is 8. The van der Waals surface area contributed by atoms with Crippen molar-refractivity contribution in [3.8, 4) is 17.2 Å². The van der Waals surface area contributed by atoms with E-state index in [4.69, 9.17) is 14.2 Å². The number of fused-ring (bicyclic) bond motifs is 2. The Kier molecular flexibility index (Phi) is 9.09. The normalized spacial score (nSPS) is 18.8. The van der Waals surface area contributed by atoms with Crippen LogP contribution in [0.5, 0.6) is 17.2 Å². The van der Waals surface area contributed by atoms with Crippen molar-refractivity contribution in [2.24, 2.45) is 5.92 Å². The van der Waals surface area contributed by atoms with E-state index < -0.39 is 6.03 Å². The Morgan fingerprint density at radius 1 is 1.07 bits per heavy atom. The minimum Gasteiger partial charge on any atom is -0.488 e. The molecule has 0 saturated heterocycles. The first-order valence-electron chi connectivity index (χ1n) is 14.0. The summed E-state index contributed by atoms with van der Waals surface area (Å²) in [5.41, 5.74) is 2.87. The van der Waals surface area contributed by atoms with Crippen LogP contribution in [0.3, 0.4) is 0 Å². The number of ether oxygens (including phenoxy) is 3. The Bertz CT molecular complexity index is 1400. The van der Waals surface area contributed by atoms with Crippen molar-refractivity contribution in [1.82, 2.24) is 14.8 Å². The van der Waals surface area contributed by atoms with Crippen molar-refractivity contribution < 1.29 is 28.9 Å². The number of aromatic nitrogens is 1. The van der Waals surface area contributed by atoms with Crippen molar-refractivity contribution in [3.63, 3.8) is 0 Å². The second-order valence-corrected chi connectivity index (χ2v) is 10.9. The predicted octanol–water partition coefficient (Wildman–Crippen LogP) is 3.74. The monoisotopic (exact) mass is 575 g/mol. The molecule has 0 unspecified atom stereocenters. The number of aliphatic hydroxyl groups excluding tert-OH is 1. The highest BCUT2D eigenvalue weighted by molar-refractivity contribution is 6.00. The molecule has 0 bridgehead atoms. The summed E-state index contributed by atoms with van der Waals surface area (Å²) in [6.07, 6.45) is 3.40. The highest BCUT2D eigenvalue weighted by Gasteiger charge is 2.31. The molecular formula is C31H37N5O6. The Labute approximate surface area is 245 Å². The van der Waals surface area contributed by atoms with Crippen LogP contribution in [0, 0.1) is 5.92 Å². The molecule has 11 nitrogen and oxygen atoms in total. The fourth-order valence-corrected chi connectivity index (χ4v) is 5.16. The van der Waals surface area contributed by atoms with E-state index in [0.29, 0.717) is 47.3 Å². The number of urea groups is 1. The number of amides is 3. The zero-order valence-electron chi connectivity index (χ0n) is 24.1. The smallest absolute Gasteiger partial charge is 0.323 e. The molecule has 2 aromatic carbocycles. The summed E-state index contributed by atoms with van der Waals surface area (Å²) in [7, 11) is 2.04. The van der Waals surface area contributed by atoms with Crippen LogP contribution in [0.4, 0.5) is 16.2 Å². The van der Waals surface area contributed by atoms with Gasteiger partial charge in [-0.25, -0.2) is 4.79 Å². The first kappa shape index (κ1) is 29.2. The van der Waals surface area contributed by atoms with Crippen LogP contribution in [0.15, 0.2) is 60.9 Å². The third kappa shape index (κ3) is 7.10. The zero-order valence-corrected chi connectivity index (χ0v) is 24.1. The summed E-state index contributed by atoms with van der Waals surface area (Å²) in [5, 5.41) is 15.5. The minimum absolute atomic E-state index is 0.0148. The number of anilines is 2. The SMILES string of the molecule is C[C@H]1CN([C@@H](C)CO)C(=O)Cc2cc(NC(=O)Nc3ccc4c(c3)OCO4)ccc2O[C@H]1CN(C)Cc1ccncc1. The lowest BCUT2D eigenvalue weighted by atomic mass is 10.0. The molecule has 2 aliphatic heterocycles. The van der Waals surface area contributed by atoms with Gasteiger partial charge in [0.15, 0.2) is 11.5 Å². The second-order valence-electron chi connectivity index (χ2n) is 10.9. The molecule has 3 amide bonds. The standard InChI is InChI=1S/C31H37N5O6/c1-20-15-36(21(2)18-37)30(38)13-23-12-24(33-31(39)34-25-5-7-27-28(14-25)41-19-40-27)4-6-26(23)42-29(20)17-35(3)16-22-8-10-32-11-9-22/h4-12,14,20-21,29,37H,13,15-19H2,1-3H3,(H2,33,34,39)/t20-,21-,29-/m0/s1. The van der Waals surface area contributed by atoms with Crippen LogP contribution in [0.2, 0.25) is 0 Å². The molecule has 3 aromatic rings. The topological polar surface area (TPSA) is 125 Å². The van der Waals surface area contributed by atoms with Gasteiger partial charge in [-0.05, 0) is 62.0 Å². The molecule has 0 spiro atoms. The fraction of sp³-hybridized carbons (Fsp3) is 0.387. The average molecular weight is 576 g/mol. The van der Waals surface area contributed by atoms with E-state index in [9.17, 15) is 14.7 Å². The Hall–Kier alpha value is -4.35. The number of hydrogen-bond acceptors (Lipinski definition) is 8. The summed E-state index contributed by atoms with van der Waals surface area (Å²) in [4.78, 5) is 34.3. The van der Waals surface area contributed by atoms with Crippen molar-refractivity contribution in [3.05, 3.63) is 72.1 Å². The van der Waals surface area contributed by atoms with E-state index in [2.05, 4.69) is 27.4 Å². The van der Waals surface area contributed by atoms with E-state index in [0.717, 1.165) is 12.1 Å². The van der Waals surface area contributed by atoms with Crippen LogP contribution in [-0.4, -0.2) is 77.5 Å². The third-order valence-corrected chi connectivity index (χ3v) is 7.50. The number of benzene rings is 2. The molecular weight excluding hydrogens is 538 g/mol. The second kappa shape index (κ2) is 13.1. The lowest BCUT2D eigenvalue weighted by Gasteiger charge is -2.34. The van der Waals surface area contributed by atoms with E-state index in [1.54, 1.807) is 53.7 Å². The number of nitrogens with one attached hydrogen (secondary N) is 2. The maximum atomic E-state index is 13.5. The number of nitrogens with zero attached hydrogens (tertiary/aromatic N) is 3. The summed E-state index contributed by atoms with van der Waals surface area (Å²) in [6, 6.07) is 13.7. The van der Waals surface area contributed by atoms with Gasteiger partial charge in [0.2, 0.25) is 12.7 Å². The molecule has 3 heterocycles. The van der Waals surface area contributed by atoms with Gasteiger partial charge in [0.1, 0.15) is 11.9 Å². The molecule has 0 fully saturated rings. The van der Waals surface area contributed by atoms with Gasteiger partial charge in [-0.2, -0.15) is 0 Å². The van der Waals surface area contributed by atoms with Crippen LogP contribution in [0.1, 0.15) is 25.0 Å². The molecule has 5 rings (SSSR count). The van der Waals surface area contributed by atoms with Crippen LogP contribution < -0.4 is 24.8 Å². The molecule has 1 aromatic heterocycles. The quantitative estimate of drug-likeness (QED) is 0.371. The highest BCUT2D eigenvalue weighted by atomic mass is 16.7. The van der Waals surface area contributed by atoms with E-state index >= 15 is 0 Å². The first-order valence-corrected chi connectivity index (χ1v) is 14.0. The van der Waals surface area contributed by atoms with Gasteiger partial charge in [0.05, 0.1) is 19.1 Å². The number of pyridine rings is 1. The molecule has 0 aliphatic carbocycles. The van der Waals surface area contributed by atoms with Gasteiger partial charge >= 0.3 is 6.03 Å². The molecule has 222 valence electrons. The number of hydrogen-bond donors (Lipinski definition) is 3. The van der Waals surface area contributed by atoms with Gasteiger partial charge in [-0.3, -0.25) is 14.7 Å². The van der Waals surface area contributed by atoms with Gasteiger partial charge in [-0.1, -0.05) is 6.92 Å². The van der Waals surface area contributed by atoms with Gasteiger partial charge in [0.25, 0.3) is 0 Å². The minimum atomic E-state index is -0.441. The molecule has 0 saturated carbocycles. The summed E-state index contributed by atoms with van der Waals surface area (Å²) < 4.78 is 17.3. The van der Waals surface area contributed by atoms with Crippen molar-refractivity contribution >= 4 is 23.3 Å². The number of carbonyl (C=O) groups is 2. The fourth-order valence-electron chi connectivity index (χ4n) is 5.16. The summed E-state index contributed by atoms with van der Waals surface area (Å²) in [5.74, 6) is 1.67. The number of carbonyl (C=O) groups excluding carboxylic acids is 2. The van der Waals surface area contributed by atoms with Gasteiger partial charge in [-0.15, -0.1) is 0 Å². The van der Waals surface area contributed by atoms with Crippen LogP contribution >= 0.6 is 0 Å². The van der Waals surface area contributed by atoms with E-state index in [1.807, 2.05) is 26.1 Å². The lowest BCUT2D eigenvalue weighted by molar-refractivity contribution is -0.134. The Morgan fingerprint density at radius 2 is 1.76 bits per heavy atom. The Morgan fingerprint density at radius 3 is 2.50 bits per heavy atom. The zero-order chi connectivity index (χ0) is 29.6. The number of aliphatic hydroxyl groups is 1. The van der Waals surface area contributed by atoms with Crippen LogP contribution in [-0.2, 0) is 17.8 Å². The third-order valence-electron chi connectivity index (χ3n) is 7.50. The van der Waals surface area contributed by atoms with Crippen molar-refractivity contribution in [1.29, 1.82) is 0 Å². The average Bonchev–Trinajstić information content (AvgIpc) is 3.45. The maximum Gasteiger partial charge on any atom is 0.323 e. The largest absolute Gasteiger partial charge is 0.488 e. The maximum absolute atomic E-state index is 13.5. The van der Waals surface area contributed by atoms with Crippen molar-refractivity contribution in [2.75, 3.05) is 44.2 Å². The molecule has 2 aliphatic rings. The lowest BCUT2D eigenvalue weighted by Crippen LogP contribution is -2.47. The first-order chi connectivity index (χ1) is 20.3. The molecule has 42 heavy (non-hydrogen) atoms. The predicted molar refractivity (Wildman–Crippen MR) is 158 cm³/mol. The Balaban J connectivity index is 1.34.